The summed E-state index contributed by atoms with van der Waals surface area (Å²) in [4.78, 5) is 40.3. The van der Waals surface area contributed by atoms with Crippen LogP contribution in [0.4, 0.5) is 0 Å². The average Bonchev–Trinajstić information content (AvgIpc) is 3.37. The smallest absolute Gasteiger partial charge is 0.273 e. The normalized spacial score (nSPS) is 21.6. The molecule has 1 saturated carbocycles. The largest absolute Gasteiger partial charge is 0.382 e. The standard InChI is InChI=1S/C21H33N5O4/c1-4-25-19(28)17-13-16(18(27)22-11-8-12-30-5-2)24-26(17)14-21(25,3)20(29)23-15-9-6-7-10-15/h13,15H,4-12,14H2,1-3H3,(H,22,27)(H,23,29)/t21-/m0/s1. The Labute approximate surface area is 177 Å². The van der Waals surface area contributed by atoms with Crippen LogP contribution in [0.3, 0.4) is 0 Å². The third-order valence-corrected chi connectivity index (χ3v) is 5.98. The third-order valence-electron chi connectivity index (χ3n) is 5.98. The first-order valence-corrected chi connectivity index (χ1v) is 11.0. The van der Waals surface area contributed by atoms with Gasteiger partial charge < -0.3 is 20.3 Å². The first-order chi connectivity index (χ1) is 14.4. The molecule has 166 valence electrons. The summed E-state index contributed by atoms with van der Waals surface area (Å²) in [6.45, 7) is 7.87. The van der Waals surface area contributed by atoms with Crippen LogP contribution in [0.1, 0.15) is 73.9 Å². The van der Waals surface area contributed by atoms with E-state index in [9.17, 15) is 14.4 Å². The lowest BCUT2D eigenvalue weighted by Gasteiger charge is -2.43. The SMILES string of the molecule is CCOCCCNC(=O)c1cc2n(n1)C[C@@](C)(C(=O)NC1CCCC1)N(CC)C2=O. The minimum atomic E-state index is -1.04. The van der Waals surface area contributed by atoms with Gasteiger partial charge in [0.05, 0.1) is 6.54 Å². The van der Waals surface area contributed by atoms with E-state index in [4.69, 9.17) is 4.74 Å². The third kappa shape index (κ3) is 4.50. The first kappa shape index (κ1) is 22.3. The van der Waals surface area contributed by atoms with Crippen LogP contribution < -0.4 is 10.6 Å². The monoisotopic (exact) mass is 419 g/mol. The van der Waals surface area contributed by atoms with Gasteiger partial charge in [-0.1, -0.05) is 12.8 Å². The molecular formula is C21H33N5O4. The van der Waals surface area contributed by atoms with E-state index >= 15 is 0 Å². The number of nitrogens with zero attached hydrogens (tertiary/aromatic N) is 3. The molecule has 0 bridgehead atoms. The molecule has 0 radical (unpaired) electrons. The van der Waals surface area contributed by atoms with Gasteiger partial charge in [-0.2, -0.15) is 5.10 Å². The van der Waals surface area contributed by atoms with Gasteiger partial charge in [0.1, 0.15) is 11.2 Å². The Bertz CT molecular complexity index is 786. The number of hydrogen-bond donors (Lipinski definition) is 2. The molecule has 1 aliphatic carbocycles. The summed E-state index contributed by atoms with van der Waals surface area (Å²) in [7, 11) is 0. The molecule has 9 heteroatoms. The molecule has 9 nitrogen and oxygen atoms in total. The molecule has 3 amide bonds. The fourth-order valence-electron chi connectivity index (χ4n) is 4.27. The van der Waals surface area contributed by atoms with Gasteiger partial charge in [-0.25, -0.2) is 0 Å². The summed E-state index contributed by atoms with van der Waals surface area (Å²) in [6, 6.07) is 1.68. The molecule has 2 aliphatic rings. The molecule has 1 aromatic heterocycles. The minimum Gasteiger partial charge on any atom is -0.382 e. The fourth-order valence-corrected chi connectivity index (χ4v) is 4.27. The number of carbonyl (C=O) groups excluding carboxylic acids is 3. The van der Waals surface area contributed by atoms with Gasteiger partial charge in [0.2, 0.25) is 5.91 Å². The van der Waals surface area contributed by atoms with Crippen LogP contribution in [0.25, 0.3) is 0 Å². The van der Waals surface area contributed by atoms with Crippen LogP contribution in [-0.4, -0.2) is 70.3 Å². The van der Waals surface area contributed by atoms with Gasteiger partial charge in [-0.15, -0.1) is 0 Å². The van der Waals surface area contributed by atoms with Gasteiger partial charge >= 0.3 is 0 Å². The number of fused-ring (bicyclic) bond motifs is 1. The Hall–Kier alpha value is -2.42. The lowest BCUT2D eigenvalue weighted by Crippen LogP contribution is -2.64. The highest BCUT2D eigenvalue weighted by Gasteiger charge is 2.48. The second kappa shape index (κ2) is 9.59. The van der Waals surface area contributed by atoms with Crippen LogP contribution in [0.15, 0.2) is 6.07 Å². The van der Waals surface area contributed by atoms with Crippen LogP contribution >= 0.6 is 0 Å². The molecule has 30 heavy (non-hydrogen) atoms. The van der Waals surface area contributed by atoms with Crippen molar-refractivity contribution in [3.63, 3.8) is 0 Å². The van der Waals surface area contributed by atoms with Crippen molar-refractivity contribution < 1.29 is 19.1 Å². The summed E-state index contributed by atoms with van der Waals surface area (Å²) in [5, 5.41) is 10.3. The summed E-state index contributed by atoms with van der Waals surface area (Å²) >= 11 is 0. The van der Waals surface area contributed by atoms with E-state index in [1.807, 2.05) is 13.8 Å². The van der Waals surface area contributed by atoms with Gasteiger partial charge in [0.25, 0.3) is 11.8 Å². The fraction of sp³-hybridized carbons (Fsp3) is 0.714. The highest BCUT2D eigenvalue weighted by molar-refractivity contribution is 6.01. The van der Waals surface area contributed by atoms with Crippen molar-refractivity contribution in [3.8, 4) is 0 Å². The van der Waals surface area contributed by atoms with Gasteiger partial charge in [0, 0.05) is 38.4 Å². The van der Waals surface area contributed by atoms with Crippen molar-refractivity contribution in [2.24, 2.45) is 0 Å². The predicted molar refractivity (Wildman–Crippen MR) is 111 cm³/mol. The minimum absolute atomic E-state index is 0.160. The van der Waals surface area contributed by atoms with E-state index < -0.39 is 5.54 Å². The quantitative estimate of drug-likeness (QED) is 0.588. The van der Waals surface area contributed by atoms with Gasteiger partial charge in [-0.3, -0.25) is 19.1 Å². The second-order valence-electron chi connectivity index (χ2n) is 8.16. The molecule has 1 aliphatic heterocycles. The highest BCUT2D eigenvalue weighted by atomic mass is 16.5. The van der Waals surface area contributed by atoms with Crippen LogP contribution in [-0.2, 0) is 16.1 Å². The number of ether oxygens (including phenoxy) is 1. The molecule has 0 unspecified atom stereocenters. The van der Waals surface area contributed by atoms with Crippen molar-refractivity contribution in [2.75, 3.05) is 26.3 Å². The Morgan fingerprint density at radius 1 is 1.30 bits per heavy atom. The van der Waals surface area contributed by atoms with Crippen molar-refractivity contribution in [1.82, 2.24) is 25.3 Å². The number of hydrogen-bond acceptors (Lipinski definition) is 5. The Balaban J connectivity index is 1.73. The molecule has 0 saturated heterocycles. The summed E-state index contributed by atoms with van der Waals surface area (Å²) in [6.07, 6.45) is 4.88. The van der Waals surface area contributed by atoms with E-state index in [-0.39, 0.29) is 36.0 Å². The van der Waals surface area contributed by atoms with E-state index in [0.29, 0.717) is 38.4 Å². The number of amides is 3. The Morgan fingerprint density at radius 3 is 2.70 bits per heavy atom. The lowest BCUT2D eigenvalue weighted by molar-refractivity contribution is -0.133. The molecule has 1 atom stereocenters. The zero-order valence-electron chi connectivity index (χ0n) is 18.2. The van der Waals surface area contributed by atoms with E-state index in [0.717, 1.165) is 25.7 Å². The molecular weight excluding hydrogens is 386 g/mol. The van der Waals surface area contributed by atoms with E-state index in [2.05, 4.69) is 15.7 Å². The summed E-state index contributed by atoms with van der Waals surface area (Å²) in [5.74, 6) is -0.773. The van der Waals surface area contributed by atoms with Crippen molar-refractivity contribution in [1.29, 1.82) is 0 Å². The lowest BCUT2D eigenvalue weighted by atomic mass is 9.94. The maximum absolute atomic E-state index is 13.1. The number of likely N-dealkylation sites (N-methyl/N-ethyl adjacent to an activating group) is 1. The molecule has 0 spiro atoms. The summed E-state index contributed by atoms with van der Waals surface area (Å²) in [5.41, 5.74) is -0.521. The average molecular weight is 420 g/mol. The van der Waals surface area contributed by atoms with Gasteiger partial charge in [0.15, 0.2) is 5.69 Å². The molecule has 1 aromatic rings. The molecule has 2 N–H and O–H groups in total. The highest BCUT2D eigenvalue weighted by Crippen LogP contribution is 2.28. The Morgan fingerprint density at radius 2 is 2.03 bits per heavy atom. The number of aromatic nitrogens is 2. The predicted octanol–water partition coefficient (Wildman–Crippen LogP) is 1.33. The zero-order chi connectivity index (χ0) is 21.7. The topological polar surface area (TPSA) is 106 Å². The first-order valence-electron chi connectivity index (χ1n) is 11.0. The Kier molecular flexibility index (Phi) is 7.12. The molecule has 0 aromatic carbocycles. The number of rotatable bonds is 9. The van der Waals surface area contributed by atoms with Crippen molar-refractivity contribution in [2.45, 2.75) is 71.0 Å². The second-order valence-corrected chi connectivity index (χ2v) is 8.16. The molecule has 1 fully saturated rings. The van der Waals surface area contributed by atoms with Crippen LogP contribution in [0, 0.1) is 0 Å². The maximum Gasteiger partial charge on any atom is 0.273 e. The van der Waals surface area contributed by atoms with E-state index in [1.165, 1.54) is 10.7 Å². The molecule has 3 rings (SSSR count). The van der Waals surface area contributed by atoms with Crippen LogP contribution in [0.5, 0.6) is 0 Å². The zero-order valence-corrected chi connectivity index (χ0v) is 18.2. The summed E-state index contributed by atoms with van der Waals surface area (Å²) < 4.78 is 6.76. The number of carbonyl (C=O) groups is 3. The van der Waals surface area contributed by atoms with Crippen LogP contribution in [0.2, 0.25) is 0 Å². The van der Waals surface area contributed by atoms with Crippen molar-refractivity contribution in [3.05, 3.63) is 17.5 Å². The maximum atomic E-state index is 13.1. The molecule has 2 heterocycles. The van der Waals surface area contributed by atoms with Gasteiger partial charge in [-0.05, 0) is 40.0 Å². The van der Waals surface area contributed by atoms with E-state index in [1.54, 1.807) is 11.8 Å². The number of nitrogens with one attached hydrogen (secondary N) is 2. The van der Waals surface area contributed by atoms with Crippen molar-refractivity contribution >= 4 is 17.7 Å².